The topological polar surface area (TPSA) is 457 Å². The van der Waals surface area contributed by atoms with E-state index in [0.717, 1.165) is 36.4 Å². The summed E-state index contributed by atoms with van der Waals surface area (Å²) in [5.41, 5.74) is -2.45. The quantitative estimate of drug-likeness (QED) is 0.0278. The van der Waals surface area contributed by atoms with Gasteiger partial charge in [-0.2, -0.15) is 63.6 Å². The van der Waals surface area contributed by atoms with Crippen molar-refractivity contribution < 1.29 is 137 Å². The standard InChI is InChI=1S/C32H24Cl2N10O18S6.2Na/c33-27-39-29(43-31(41-27)37-21-13-19(63(45,46)47)7-9-23(21)65(51,52)53)35-17-5-3-15(25(11-17)67(57,58)59)1-2-16-4-6-18(12-26(16)68(60,61)62)36-30-40-28(34)42-32(44-30)38-22-14-20(64(48,49)50)8-10-24(22)66(54,55)56;;/h1-14H,(H,45,46,47)(H,48,49,50)(H,51,52,53)(H,54,55,56)(H,57,58,59)(H,60,61,62)(H2,35,37,39,41,43)(H2,36,38,40,42,44);;/q;2*+1/p-2. The summed E-state index contributed by atoms with van der Waals surface area (Å²) < 4.78 is 207. The molecule has 0 saturated carbocycles. The average molecular weight is 1140 g/mol. The van der Waals surface area contributed by atoms with Gasteiger partial charge in [0.2, 0.25) is 34.4 Å². The van der Waals surface area contributed by atoms with Crippen LogP contribution < -0.4 is 80.4 Å². The number of rotatable bonds is 16. The Morgan fingerprint density at radius 1 is 0.414 bits per heavy atom. The zero-order valence-electron chi connectivity index (χ0n) is 34.5. The van der Waals surface area contributed by atoms with Crippen molar-refractivity contribution in [3.63, 3.8) is 0 Å². The number of hydrogen-bond donors (Lipinski definition) is 8. The van der Waals surface area contributed by atoms with Gasteiger partial charge in [-0.3, -0.25) is 18.2 Å². The van der Waals surface area contributed by atoms with Crippen LogP contribution in [0.3, 0.4) is 0 Å². The summed E-state index contributed by atoms with van der Waals surface area (Å²) in [5.74, 6) is -2.17. The minimum absolute atomic E-state index is 0. The second kappa shape index (κ2) is 21.9. The summed E-state index contributed by atoms with van der Waals surface area (Å²) in [6, 6.07) is 9.87. The predicted octanol–water partition coefficient (Wildman–Crippen LogP) is -2.69. The van der Waals surface area contributed by atoms with Crippen LogP contribution in [0.5, 0.6) is 0 Å². The molecule has 0 aliphatic carbocycles. The summed E-state index contributed by atoms with van der Waals surface area (Å²) in [7, 11) is -30.5. The minimum atomic E-state index is -5.36. The van der Waals surface area contributed by atoms with Crippen LogP contribution in [-0.4, -0.2) is 108 Å². The summed E-state index contributed by atoms with van der Waals surface area (Å²) >= 11 is 12.0. The fourth-order valence-corrected chi connectivity index (χ4v) is 9.50. The molecule has 0 saturated heterocycles. The first kappa shape index (κ1) is 58.5. The molecule has 8 N–H and O–H groups in total. The van der Waals surface area contributed by atoms with Crippen LogP contribution in [0.4, 0.5) is 46.5 Å². The van der Waals surface area contributed by atoms with Crippen molar-refractivity contribution >= 4 is 143 Å². The molecule has 28 nitrogen and oxygen atoms in total. The van der Waals surface area contributed by atoms with Crippen LogP contribution in [-0.2, 0) is 60.7 Å². The minimum Gasteiger partial charge on any atom is -0.744 e. The van der Waals surface area contributed by atoms with Gasteiger partial charge in [0.25, 0.3) is 40.5 Å². The first-order chi connectivity index (χ1) is 31.2. The molecule has 6 aromatic rings. The number of hydrogen-bond acceptors (Lipinski definition) is 24. The fraction of sp³-hybridized carbons (Fsp3) is 0. The van der Waals surface area contributed by atoms with Gasteiger partial charge in [0.15, 0.2) is 0 Å². The van der Waals surface area contributed by atoms with Crippen LogP contribution in [0.1, 0.15) is 11.1 Å². The molecule has 4 aromatic carbocycles. The SMILES string of the molecule is O=S(=O)([O-])c1cc(Nc2nc(Cl)nc(Nc3cc(S(=O)(=O)O)ccc3S(=O)(=O)O)n2)ccc1C=Cc1ccc(Nc2nc(Cl)nc(Nc3cc(S(=O)(=O)O)ccc3S(=O)(=O)O)n2)cc1S(=O)(=O)[O-].[Na+].[Na+]. The molecule has 360 valence electrons. The second-order valence-electron chi connectivity index (χ2n) is 13.0. The zero-order valence-corrected chi connectivity index (χ0v) is 44.9. The third-order valence-electron chi connectivity index (χ3n) is 8.28. The number of halogens is 2. The van der Waals surface area contributed by atoms with E-state index in [1.165, 1.54) is 12.1 Å². The van der Waals surface area contributed by atoms with E-state index in [9.17, 15) is 77.8 Å². The maximum Gasteiger partial charge on any atom is 1.00 e. The van der Waals surface area contributed by atoms with Crippen molar-refractivity contribution in [1.29, 1.82) is 0 Å². The van der Waals surface area contributed by atoms with Crippen LogP contribution in [0.25, 0.3) is 12.2 Å². The van der Waals surface area contributed by atoms with Crippen molar-refractivity contribution in [3.05, 3.63) is 94.5 Å². The Hall–Kier alpha value is -4.12. The normalized spacial score (nSPS) is 12.4. The number of aromatic nitrogens is 6. The Bertz CT molecular complexity index is 3560. The Balaban J connectivity index is 0.00000533. The van der Waals surface area contributed by atoms with E-state index in [2.05, 4.69) is 51.2 Å². The molecule has 38 heteroatoms. The maximum absolute atomic E-state index is 12.4. The monoisotopic (exact) mass is 1140 g/mol. The molecule has 0 unspecified atom stereocenters. The van der Waals surface area contributed by atoms with Crippen LogP contribution in [0, 0.1) is 0 Å². The van der Waals surface area contributed by atoms with Crippen LogP contribution in [0.15, 0.2) is 102 Å². The summed E-state index contributed by atoms with van der Waals surface area (Å²) in [6.45, 7) is 0. The summed E-state index contributed by atoms with van der Waals surface area (Å²) in [5, 5.41) is 8.45. The van der Waals surface area contributed by atoms with Gasteiger partial charge in [0.05, 0.1) is 31.0 Å². The second-order valence-corrected chi connectivity index (χ2v) is 22.0. The van der Waals surface area contributed by atoms with Gasteiger partial charge < -0.3 is 30.4 Å². The van der Waals surface area contributed by atoms with Crippen molar-refractivity contribution in [1.82, 2.24) is 29.9 Å². The first-order valence-electron chi connectivity index (χ1n) is 17.2. The average Bonchev–Trinajstić information content (AvgIpc) is 3.18. The van der Waals surface area contributed by atoms with Crippen molar-refractivity contribution in [2.24, 2.45) is 0 Å². The van der Waals surface area contributed by atoms with Gasteiger partial charge in [-0.15, -0.1) is 0 Å². The maximum atomic E-state index is 12.4. The van der Waals surface area contributed by atoms with E-state index in [-0.39, 0.29) is 81.6 Å². The van der Waals surface area contributed by atoms with Gasteiger partial charge in [-0.25, -0.2) is 16.8 Å². The van der Waals surface area contributed by atoms with Gasteiger partial charge in [0, 0.05) is 11.4 Å². The van der Waals surface area contributed by atoms with Gasteiger partial charge in [-0.1, -0.05) is 24.3 Å². The van der Waals surface area contributed by atoms with E-state index in [0.29, 0.717) is 36.4 Å². The van der Waals surface area contributed by atoms with Crippen LogP contribution in [0.2, 0.25) is 10.6 Å². The number of benzene rings is 4. The Morgan fingerprint density at radius 2 is 0.729 bits per heavy atom. The smallest absolute Gasteiger partial charge is 0.744 e. The van der Waals surface area contributed by atoms with Gasteiger partial charge in [-0.05, 0) is 95.0 Å². The molecule has 0 atom stereocenters. The van der Waals surface area contributed by atoms with Gasteiger partial charge >= 0.3 is 59.1 Å². The zero-order chi connectivity index (χ0) is 50.4. The number of nitrogens with zero attached hydrogens (tertiary/aromatic N) is 6. The number of anilines is 8. The molecule has 6 rings (SSSR count). The molecule has 0 bridgehead atoms. The third kappa shape index (κ3) is 15.2. The fourth-order valence-electron chi connectivity index (χ4n) is 5.52. The summed E-state index contributed by atoms with van der Waals surface area (Å²) in [4.78, 5) is 17.6. The molecule has 0 spiro atoms. The molecule has 2 aromatic heterocycles. The van der Waals surface area contributed by atoms with Gasteiger partial charge in [0.1, 0.15) is 30.0 Å². The molecule has 0 fully saturated rings. The van der Waals surface area contributed by atoms with E-state index in [1.54, 1.807) is 0 Å². The molecular weight excluding hydrogens is 1120 g/mol. The Kier molecular flexibility index (Phi) is 18.3. The van der Waals surface area contributed by atoms with Crippen molar-refractivity contribution in [2.45, 2.75) is 29.4 Å². The molecular formula is C32H22Cl2N10Na2O18S6. The number of nitrogens with one attached hydrogen (secondary N) is 4. The summed E-state index contributed by atoms with van der Waals surface area (Å²) in [6.07, 6.45) is 1.92. The largest absolute Gasteiger partial charge is 1.00 e. The van der Waals surface area contributed by atoms with Crippen LogP contribution >= 0.6 is 23.2 Å². The van der Waals surface area contributed by atoms with E-state index in [4.69, 9.17) is 23.2 Å². The molecule has 0 aliphatic heterocycles. The molecule has 0 amide bonds. The first-order valence-corrected chi connectivity index (χ1v) is 26.5. The Morgan fingerprint density at radius 3 is 1.01 bits per heavy atom. The van der Waals surface area contributed by atoms with E-state index < -0.39 is 136 Å². The van der Waals surface area contributed by atoms with Crippen molar-refractivity contribution in [2.75, 3.05) is 21.3 Å². The predicted molar refractivity (Wildman–Crippen MR) is 233 cm³/mol. The van der Waals surface area contributed by atoms with E-state index in [1.807, 2.05) is 0 Å². The molecule has 0 aliphatic rings. The Labute approximate surface area is 449 Å². The van der Waals surface area contributed by atoms with Crippen molar-refractivity contribution in [3.8, 4) is 0 Å². The molecule has 70 heavy (non-hydrogen) atoms. The molecule has 0 radical (unpaired) electrons. The third-order valence-corrected chi connectivity index (χ3v) is 13.9. The molecule has 2 heterocycles. The van der Waals surface area contributed by atoms with E-state index >= 15 is 0 Å².